The molecule has 26 heavy (non-hydrogen) atoms. The maximum absolute atomic E-state index is 14.5. The lowest BCUT2D eigenvalue weighted by Gasteiger charge is -2.19. The van der Waals surface area contributed by atoms with Crippen molar-refractivity contribution >= 4 is 29.2 Å². The highest BCUT2D eigenvalue weighted by Gasteiger charge is 2.17. The third kappa shape index (κ3) is 3.62. The monoisotopic (exact) mass is 367 g/mol. The summed E-state index contributed by atoms with van der Waals surface area (Å²) in [5, 5.41) is 3.21. The third-order valence-electron chi connectivity index (χ3n) is 4.27. The second-order valence-corrected chi connectivity index (χ2v) is 7.23. The van der Waals surface area contributed by atoms with Crippen molar-refractivity contribution in [3.8, 4) is 0 Å². The van der Waals surface area contributed by atoms with Crippen LogP contribution in [-0.4, -0.2) is 15.0 Å². The van der Waals surface area contributed by atoms with E-state index < -0.39 is 0 Å². The first-order chi connectivity index (χ1) is 12.7. The zero-order valence-electron chi connectivity index (χ0n) is 14.1. The molecular formula is C19H18FN5S. The van der Waals surface area contributed by atoms with Crippen LogP contribution in [0.3, 0.4) is 0 Å². The molecule has 0 aliphatic heterocycles. The lowest BCUT2D eigenvalue weighted by molar-refractivity contribution is 0.602. The molecule has 1 aliphatic rings. The molecule has 0 amide bonds. The van der Waals surface area contributed by atoms with Gasteiger partial charge in [-0.1, -0.05) is 11.8 Å². The topological polar surface area (TPSA) is 76.7 Å². The Labute approximate surface area is 155 Å². The Morgan fingerprint density at radius 1 is 1.04 bits per heavy atom. The van der Waals surface area contributed by atoms with Crippen molar-refractivity contribution < 1.29 is 4.39 Å². The minimum Gasteiger partial charge on any atom is -0.368 e. The summed E-state index contributed by atoms with van der Waals surface area (Å²) in [6.45, 7) is 0. The predicted molar refractivity (Wildman–Crippen MR) is 101 cm³/mol. The van der Waals surface area contributed by atoms with Crippen molar-refractivity contribution in [2.75, 3.05) is 11.1 Å². The molecule has 1 aromatic carbocycles. The summed E-state index contributed by atoms with van der Waals surface area (Å²) in [7, 11) is 0. The Kier molecular flexibility index (Phi) is 4.71. The van der Waals surface area contributed by atoms with Gasteiger partial charge in [0.2, 0.25) is 5.95 Å². The number of aryl methyl sites for hydroxylation is 1. The molecule has 0 saturated heterocycles. The fraction of sp³-hybridized carbons (Fsp3) is 0.211. The molecule has 2 aromatic heterocycles. The highest BCUT2D eigenvalue weighted by Crippen LogP contribution is 2.33. The van der Waals surface area contributed by atoms with Crippen molar-refractivity contribution in [2.24, 2.45) is 0 Å². The van der Waals surface area contributed by atoms with Crippen LogP contribution < -0.4 is 11.1 Å². The van der Waals surface area contributed by atoms with E-state index in [0.717, 1.165) is 41.8 Å². The lowest BCUT2D eigenvalue weighted by Crippen LogP contribution is -2.12. The lowest BCUT2D eigenvalue weighted by atomic mass is 9.96. The first-order valence-corrected chi connectivity index (χ1v) is 9.30. The molecule has 0 atom stereocenters. The average Bonchev–Trinajstić information content (AvgIpc) is 2.65. The van der Waals surface area contributed by atoms with Crippen LogP contribution in [0.15, 0.2) is 52.5 Å². The largest absolute Gasteiger partial charge is 0.368 e. The summed E-state index contributed by atoms with van der Waals surface area (Å²) in [5.74, 6) is 0.646. The van der Waals surface area contributed by atoms with Gasteiger partial charge in [0.1, 0.15) is 11.6 Å². The van der Waals surface area contributed by atoms with E-state index in [9.17, 15) is 4.39 Å². The van der Waals surface area contributed by atoms with E-state index >= 15 is 0 Å². The van der Waals surface area contributed by atoms with Gasteiger partial charge in [0.25, 0.3) is 0 Å². The third-order valence-corrected chi connectivity index (χ3v) is 5.33. The number of hydrogen-bond donors (Lipinski definition) is 2. The van der Waals surface area contributed by atoms with Crippen LogP contribution in [0.4, 0.5) is 21.8 Å². The van der Waals surface area contributed by atoms with Crippen molar-refractivity contribution in [1.82, 2.24) is 15.0 Å². The van der Waals surface area contributed by atoms with E-state index in [1.165, 1.54) is 17.8 Å². The van der Waals surface area contributed by atoms with Gasteiger partial charge in [-0.05, 0) is 56.0 Å². The van der Waals surface area contributed by atoms with Crippen LogP contribution in [0.25, 0.3) is 0 Å². The first-order valence-electron chi connectivity index (χ1n) is 8.49. The number of benzene rings is 1. The van der Waals surface area contributed by atoms with Gasteiger partial charge in [-0.2, -0.15) is 4.98 Å². The Bertz CT molecular complexity index is 933. The zero-order chi connectivity index (χ0) is 17.9. The number of halogens is 1. The number of rotatable bonds is 4. The number of fused-ring (bicyclic) bond motifs is 1. The predicted octanol–water partition coefficient (Wildman–Crippen LogP) is 4.37. The second-order valence-electron chi connectivity index (χ2n) is 6.12. The number of anilines is 3. The number of aromatic nitrogens is 3. The van der Waals surface area contributed by atoms with Gasteiger partial charge in [0.15, 0.2) is 0 Å². The molecule has 4 rings (SSSR count). The van der Waals surface area contributed by atoms with Crippen LogP contribution in [0.2, 0.25) is 0 Å². The van der Waals surface area contributed by atoms with Crippen LogP contribution in [0, 0.1) is 5.82 Å². The number of nitrogens with one attached hydrogen (secondary N) is 1. The SMILES string of the molecule is Nc1nc2c(c(Nc3ccc(Sc4ccncc4)c(F)c3)n1)CCCC2. The molecule has 0 bridgehead atoms. The van der Waals surface area contributed by atoms with Gasteiger partial charge in [-0.15, -0.1) is 0 Å². The molecule has 7 heteroatoms. The van der Waals surface area contributed by atoms with Gasteiger partial charge < -0.3 is 11.1 Å². The summed E-state index contributed by atoms with van der Waals surface area (Å²) in [4.78, 5) is 14.1. The van der Waals surface area contributed by atoms with E-state index in [4.69, 9.17) is 5.73 Å². The van der Waals surface area contributed by atoms with E-state index in [2.05, 4.69) is 20.3 Å². The number of hydrogen-bond acceptors (Lipinski definition) is 6. The summed E-state index contributed by atoms with van der Waals surface area (Å²) in [5.41, 5.74) is 8.56. The standard InChI is InChI=1S/C19H18FN5S/c20-15-11-12(5-6-17(15)26-13-7-9-22-10-8-13)23-18-14-3-1-2-4-16(14)24-19(21)25-18/h5-11H,1-4H2,(H3,21,23,24,25). The smallest absolute Gasteiger partial charge is 0.222 e. The minimum absolute atomic E-state index is 0.249. The Morgan fingerprint density at radius 2 is 1.85 bits per heavy atom. The molecule has 3 N–H and O–H groups in total. The van der Waals surface area contributed by atoms with Gasteiger partial charge in [0, 0.05) is 33.4 Å². The molecule has 0 unspecified atom stereocenters. The minimum atomic E-state index is -0.285. The van der Waals surface area contributed by atoms with E-state index in [0.29, 0.717) is 16.4 Å². The molecule has 132 valence electrons. The normalized spacial score (nSPS) is 13.3. The van der Waals surface area contributed by atoms with Crippen LogP contribution in [0.1, 0.15) is 24.1 Å². The number of nitrogen functional groups attached to an aromatic ring is 1. The van der Waals surface area contributed by atoms with Crippen molar-refractivity contribution in [1.29, 1.82) is 0 Å². The Morgan fingerprint density at radius 3 is 2.65 bits per heavy atom. The zero-order valence-corrected chi connectivity index (χ0v) is 14.9. The van der Waals surface area contributed by atoms with Crippen LogP contribution in [-0.2, 0) is 12.8 Å². The highest BCUT2D eigenvalue weighted by molar-refractivity contribution is 7.99. The highest BCUT2D eigenvalue weighted by atomic mass is 32.2. The van der Waals surface area contributed by atoms with Crippen LogP contribution >= 0.6 is 11.8 Å². The quantitative estimate of drug-likeness (QED) is 0.713. The second kappa shape index (κ2) is 7.29. The average molecular weight is 367 g/mol. The number of pyridine rings is 1. The van der Waals surface area contributed by atoms with Crippen molar-refractivity contribution in [3.63, 3.8) is 0 Å². The molecule has 2 heterocycles. The van der Waals surface area contributed by atoms with Crippen molar-refractivity contribution in [2.45, 2.75) is 35.5 Å². The number of nitrogens with zero attached hydrogens (tertiary/aromatic N) is 3. The van der Waals surface area contributed by atoms with Crippen LogP contribution in [0.5, 0.6) is 0 Å². The molecule has 0 radical (unpaired) electrons. The summed E-state index contributed by atoms with van der Waals surface area (Å²) in [6, 6.07) is 8.80. The first kappa shape index (κ1) is 16.8. The molecule has 0 fully saturated rings. The molecule has 0 spiro atoms. The van der Waals surface area contributed by atoms with Gasteiger partial charge in [0.05, 0.1) is 5.69 Å². The summed E-state index contributed by atoms with van der Waals surface area (Å²) >= 11 is 1.37. The fourth-order valence-corrected chi connectivity index (χ4v) is 3.85. The van der Waals surface area contributed by atoms with Crippen molar-refractivity contribution in [3.05, 3.63) is 59.8 Å². The molecular weight excluding hydrogens is 349 g/mol. The fourth-order valence-electron chi connectivity index (χ4n) is 3.05. The Balaban J connectivity index is 1.58. The van der Waals surface area contributed by atoms with Gasteiger partial charge in [-0.3, -0.25) is 4.98 Å². The number of nitrogens with two attached hydrogens (primary N) is 1. The maximum Gasteiger partial charge on any atom is 0.222 e. The molecule has 3 aromatic rings. The molecule has 0 saturated carbocycles. The van der Waals surface area contributed by atoms with E-state index in [-0.39, 0.29) is 11.8 Å². The molecule has 1 aliphatic carbocycles. The summed E-state index contributed by atoms with van der Waals surface area (Å²) < 4.78 is 14.5. The van der Waals surface area contributed by atoms with E-state index in [1.54, 1.807) is 18.5 Å². The summed E-state index contributed by atoms with van der Waals surface area (Å²) in [6.07, 6.45) is 7.42. The maximum atomic E-state index is 14.5. The molecule has 5 nitrogen and oxygen atoms in total. The van der Waals surface area contributed by atoms with E-state index in [1.807, 2.05) is 18.2 Å². The Hall–Kier alpha value is -2.67. The van der Waals surface area contributed by atoms with Gasteiger partial charge >= 0.3 is 0 Å². The van der Waals surface area contributed by atoms with Gasteiger partial charge in [-0.25, -0.2) is 9.37 Å².